The third-order valence-electron chi connectivity index (χ3n) is 2.74. The second-order valence-electron chi connectivity index (χ2n) is 4.08. The van der Waals surface area contributed by atoms with Crippen LogP contribution in [0.1, 0.15) is 24.3 Å². The van der Waals surface area contributed by atoms with Gasteiger partial charge in [-0.1, -0.05) is 35.0 Å². The highest BCUT2D eigenvalue weighted by Crippen LogP contribution is 2.29. The fourth-order valence-corrected chi connectivity index (χ4v) is 2.92. The molecule has 18 heavy (non-hydrogen) atoms. The van der Waals surface area contributed by atoms with Crippen LogP contribution in [0.3, 0.4) is 0 Å². The average molecular weight is 326 g/mol. The standard InChI is InChI=1S/C14H16BrNOS/c1-2-12(16)14(13-7-4-8-18-13)17-11-6-3-5-10(15)9-11/h3-9,12,14H,2,16H2,1H3. The Balaban J connectivity index is 2.20. The molecule has 2 atom stereocenters. The summed E-state index contributed by atoms with van der Waals surface area (Å²) in [5.74, 6) is 0.840. The van der Waals surface area contributed by atoms with Crippen LogP contribution in [0.5, 0.6) is 5.75 Å². The zero-order valence-electron chi connectivity index (χ0n) is 10.2. The Kier molecular flexibility index (Phi) is 4.80. The van der Waals surface area contributed by atoms with Crippen LogP contribution in [0.4, 0.5) is 0 Å². The maximum Gasteiger partial charge on any atom is 0.148 e. The Morgan fingerprint density at radius 1 is 1.33 bits per heavy atom. The molecule has 96 valence electrons. The van der Waals surface area contributed by atoms with E-state index in [4.69, 9.17) is 10.5 Å². The summed E-state index contributed by atoms with van der Waals surface area (Å²) in [4.78, 5) is 1.17. The molecule has 2 unspecified atom stereocenters. The van der Waals surface area contributed by atoms with Gasteiger partial charge >= 0.3 is 0 Å². The van der Waals surface area contributed by atoms with E-state index in [-0.39, 0.29) is 12.1 Å². The normalized spacial score (nSPS) is 14.2. The van der Waals surface area contributed by atoms with Gasteiger partial charge in [-0.2, -0.15) is 0 Å². The minimum absolute atomic E-state index is 0.00244. The van der Waals surface area contributed by atoms with Gasteiger partial charge in [-0.3, -0.25) is 0 Å². The smallest absolute Gasteiger partial charge is 0.148 e. The molecular weight excluding hydrogens is 310 g/mol. The molecule has 2 nitrogen and oxygen atoms in total. The van der Waals surface area contributed by atoms with Crippen LogP contribution < -0.4 is 10.5 Å². The van der Waals surface area contributed by atoms with Crippen molar-refractivity contribution in [1.29, 1.82) is 0 Å². The Hall–Kier alpha value is -0.840. The van der Waals surface area contributed by atoms with Crippen molar-refractivity contribution in [3.05, 3.63) is 51.1 Å². The van der Waals surface area contributed by atoms with Crippen LogP contribution in [-0.2, 0) is 0 Å². The van der Waals surface area contributed by atoms with E-state index < -0.39 is 0 Å². The van der Waals surface area contributed by atoms with Gasteiger partial charge in [0.05, 0.1) is 0 Å². The Bertz CT molecular complexity index is 486. The summed E-state index contributed by atoms with van der Waals surface area (Å²) in [5, 5.41) is 2.05. The topological polar surface area (TPSA) is 35.2 Å². The van der Waals surface area contributed by atoms with E-state index in [0.29, 0.717) is 0 Å². The van der Waals surface area contributed by atoms with Gasteiger partial charge in [-0.25, -0.2) is 0 Å². The van der Waals surface area contributed by atoms with Crippen molar-refractivity contribution in [3.63, 3.8) is 0 Å². The fraction of sp³-hybridized carbons (Fsp3) is 0.286. The second kappa shape index (κ2) is 6.36. The minimum Gasteiger partial charge on any atom is -0.483 e. The van der Waals surface area contributed by atoms with Crippen molar-refractivity contribution in [3.8, 4) is 5.75 Å². The lowest BCUT2D eigenvalue weighted by Crippen LogP contribution is -2.30. The molecule has 0 aliphatic rings. The summed E-state index contributed by atoms with van der Waals surface area (Å²) in [6, 6.07) is 12.0. The third kappa shape index (κ3) is 3.34. The van der Waals surface area contributed by atoms with E-state index in [9.17, 15) is 0 Å². The number of halogens is 1. The minimum atomic E-state index is -0.0794. The first kappa shape index (κ1) is 13.6. The van der Waals surface area contributed by atoms with E-state index in [2.05, 4.69) is 34.3 Å². The van der Waals surface area contributed by atoms with E-state index in [1.165, 1.54) is 4.88 Å². The van der Waals surface area contributed by atoms with Gasteiger partial charge in [0.15, 0.2) is 0 Å². The molecule has 2 N–H and O–H groups in total. The first-order valence-corrected chi connectivity index (χ1v) is 7.59. The summed E-state index contributed by atoms with van der Waals surface area (Å²) in [6.45, 7) is 2.08. The zero-order valence-corrected chi connectivity index (χ0v) is 12.6. The van der Waals surface area contributed by atoms with Crippen LogP contribution in [0.25, 0.3) is 0 Å². The second-order valence-corrected chi connectivity index (χ2v) is 5.98. The molecule has 2 rings (SSSR count). The van der Waals surface area contributed by atoms with Gasteiger partial charge in [-0.05, 0) is 36.1 Å². The molecule has 0 fully saturated rings. The third-order valence-corrected chi connectivity index (χ3v) is 4.17. The monoisotopic (exact) mass is 325 g/mol. The Morgan fingerprint density at radius 3 is 2.78 bits per heavy atom. The number of nitrogens with two attached hydrogens (primary N) is 1. The van der Waals surface area contributed by atoms with Gasteiger partial charge in [0.2, 0.25) is 0 Å². The van der Waals surface area contributed by atoms with E-state index in [0.717, 1.165) is 16.6 Å². The molecule has 0 saturated heterocycles. The van der Waals surface area contributed by atoms with Gasteiger partial charge in [0.1, 0.15) is 11.9 Å². The first-order valence-electron chi connectivity index (χ1n) is 5.92. The number of hydrogen-bond acceptors (Lipinski definition) is 3. The summed E-state index contributed by atoms with van der Waals surface area (Å²) < 4.78 is 7.06. The molecule has 1 aromatic carbocycles. The molecule has 0 radical (unpaired) electrons. The molecule has 0 aliphatic heterocycles. The van der Waals surface area contributed by atoms with Gasteiger partial charge in [-0.15, -0.1) is 11.3 Å². The van der Waals surface area contributed by atoms with Crippen molar-refractivity contribution in [2.45, 2.75) is 25.5 Å². The van der Waals surface area contributed by atoms with Gasteiger partial charge in [0.25, 0.3) is 0 Å². The highest BCUT2D eigenvalue weighted by Gasteiger charge is 2.21. The predicted molar refractivity (Wildman–Crippen MR) is 80.1 cm³/mol. The zero-order chi connectivity index (χ0) is 13.0. The molecule has 1 aromatic heterocycles. The SMILES string of the molecule is CCC(N)C(Oc1cccc(Br)c1)c1cccs1. The van der Waals surface area contributed by atoms with E-state index >= 15 is 0 Å². The van der Waals surface area contributed by atoms with E-state index in [1.54, 1.807) is 11.3 Å². The lowest BCUT2D eigenvalue weighted by atomic mass is 10.1. The van der Waals surface area contributed by atoms with Crippen molar-refractivity contribution < 1.29 is 4.74 Å². The van der Waals surface area contributed by atoms with Crippen LogP contribution in [0.2, 0.25) is 0 Å². The molecule has 2 aromatic rings. The fourth-order valence-electron chi connectivity index (χ4n) is 1.71. The number of thiophene rings is 1. The quantitative estimate of drug-likeness (QED) is 0.885. The summed E-state index contributed by atoms with van der Waals surface area (Å²) in [7, 11) is 0. The molecule has 0 amide bonds. The van der Waals surface area contributed by atoms with Crippen LogP contribution in [0, 0.1) is 0 Å². The van der Waals surface area contributed by atoms with Gasteiger partial charge < -0.3 is 10.5 Å². The average Bonchev–Trinajstić information content (AvgIpc) is 2.89. The molecule has 0 spiro atoms. The molecular formula is C14H16BrNOS. The molecule has 1 heterocycles. The largest absolute Gasteiger partial charge is 0.483 e. The van der Waals surface area contributed by atoms with Crippen LogP contribution in [-0.4, -0.2) is 6.04 Å². The van der Waals surface area contributed by atoms with Crippen molar-refractivity contribution in [2.24, 2.45) is 5.73 Å². The highest BCUT2D eigenvalue weighted by molar-refractivity contribution is 9.10. The molecule has 0 bridgehead atoms. The number of benzene rings is 1. The number of rotatable bonds is 5. The summed E-state index contributed by atoms with van der Waals surface area (Å²) >= 11 is 5.13. The van der Waals surface area contributed by atoms with Crippen LogP contribution in [0.15, 0.2) is 46.3 Å². The van der Waals surface area contributed by atoms with Gasteiger partial charge in [0, 0.05) is 15.4 Å². The molecule has 0 aliphatic carbocycles. The Labute approximate surface area is 120 Å². The lowest BCUT2D eigenvalue weighted by Gasteiger charge is -2.23. The van der Waals surface area contributed by atoms with Crippen LogP contribution >= 0.6 is 27.3 Å². The maximum atomic E-state index is 6.16. The molecule has 0 saturated carbocycles. The van der Waals surface area contributed by atoms with Crippen molar-refractivity contribution >= 4 is 27.3 Å². The van der Waals surface area contributed by atoms with Crippen molar-refractivity contribution in [1.82, 2.24) is 0 Å². The maximum absolute atomic E-state index is 6.16. The lowest BCUT2D eigenvalue weighted by molar-refractivity contribution is 0.174. The predicted octanol–water partition coefficient (Wildman–Crippen LogP) is 4.37. The Morgan fingerprint density at radius 2 is 2.17 bits per heavy atom. The first-order chi connectivity index (χ1) is 8.70. The summed E-state index contributed by atoms with van der Waals surface area (Å²) in [6.07, 6.45) is 0.806. The van der Waals surface area contributed by atoms with Crippen molar-refractivity contribution in [2.75, 3.05) is 0 Å². The highest BCUT2D eigenvalue weighted by atomic mass is 79.9. The number of hydrogen-bond donors (Lipinski definition) is 1. The molecule has 4 heteroatoms. The van der Waals surface area contributed by atoms with E-state index in [1.807, 2.05) is 30.3 Å². The number of ether oxygens (including phenoxy) is 1. The summed E-state index contributed by atoms with van der Waals surface area (Å²) in [5.41, 5.74) is 6.16.